The topological polar surface area (TPSA) is 76.9 Å². The SMILES string of the molecule is CC(=O)c1ccc(NC(=O)CSc2nnc(-c3ccc(Cl)cc3)n2C)cc1. The van der Waals surface area contributed by atoms with Gasteiger partial charge in [-0.05, 0) is 55.5 Å². The zero-order valence-corrected chi connectivity index (χ0v) is 16.3. The van der Waals surface area contributed by atoms with Crippen LogP contribution in [-0.4, -0.2) is 32.2 Å². The van der Waals surface area contributed by atoms with Crippen LogP contribution in [-0.2, 0) is 11.8 Å². The molecule has 0 saturated heterocycles. The van der Waals surface area contributed by atoms with Crippen LogP contribution in [0.4, 0.5) is 5.69 Å². The summed E-state index contributed by atoms with van der Waals surface area (Å²) in [6.45, 7) is 1.50. The van der Waals surface area contributed by atoms with Gasteiger partial charge in [-0.3, -0.25) is 9.59 Å². The molecular weight excluding hydrogens is 384 g/mol. The zero-order valence-electron chi connectivity index (χ0n) is 14.8. The molecule has 0 atom stereocenters. The molecule has 0 aliphatic carbocycles. The van der Waals surface area contributed by atoms with Crippen molar-refractivity contribution in [3.63, 3.8) is 0 Å². The number of hydrogen-bond acceptors (Lipinski definition) is 5. The number of nitrogens with zero attached hydrogens (tertiary/aromatic N) is 3. The number of anilines is 1. The molecule has 0 aliphatic rings. The van der Waals surface area contributed by atoms with Crippen molar-refractivity contribution < 1.29 is 9.59 Å². The van der Waals surface area contributed by atoms with Crippen LogP contribution >= 0.6 is 23.4 Å². The number of nitrogens with one attached hydrogen (secondary N) is 1. The van der Waals surface area contributed by atoms with Crippen LogP contribution in [0.15, 0.2) is 53.7 Å². The number of carbonyl (C=O) groups excluding carboxylic acids is 2. The Hall–Kier alpha value is -2.64. The van der Waals surface area contributed by atoms with Crippen molar-refractivity contribution in [1.29, 1.82) is 0 Å². The predicted octanol–water partition coefficient (Wildman–Crippen LogP) is 4.07. The van der Waals surface area contributed by atoms with Crippen LogP contribution in [0.25, 0.3) is 11.4 Å². The summed E-state index contributed by atoms with van der Waals surface area (Å²) in [5.41, 5.74) is 2.15. The molecule has 0 fully saturated rings. The molecule has 0 saturated carbocycles. The minimum absolute atomic E-state index is 0.0118. The maximum absolute atomic E-state index is 12.2. The molecule has 0 spiro atoms. The van der Waals surface area contributed by atoms with Crippen molar-refractivity contribution in [2.75, 3.05) is 11.1 Å². The van der Waals surface area contributed by atoms with Gasteiger partial charge >= 0.3 is 0 Å². The van der Waals surface area contributed by atoms with E-state index in [-0.39, 0.29) is 17.4 Å². The van der Waals surface area contributed by atoms with Crippen molar-refractivity contribution in [2.45, 2.75) is 12.1 Å². The molecule has 27 heavy (non-hydrogen) atoms. The van der Waals surface area contributed by atoms with Gasteiger partial charge in [0.05, 0.1) is 5.75 Å². The Morgan fingerprint density at radius 3 is 2.37 bits per heavy atom. The lowest BCUT2D eigenvalue weighted by atomic mass is 10.1. The maximum Gasteiger partial charge on any atom is 0.234 e. The van der Waals surface area contributed by atoms with E-state index in [9.17, 15) is 9.59 Å². The molecule has 1 aromatic heterocycles. The number of carbonyl (C=O) groups is 2. The first-order chi connectivity index (χ1) is 12.9. The van der Waals surface area contributed by atoms with Gasteiger partial charge in [-0.2, -0.15) is 0 Å². The Morgan fingerprint density at radius 1 is 1.07 bits per heavy atom. The number of halogens is 1. The van der Waals surface area contributed by atoms with Crippen molar-refractivity contribution in [3.8, 4) is 11.4 Å². The molecule has 1 amide bonds. The summed E-state index contributed by atoms with van der Waals surface area (Å²) < 4.78 is 1.84. The van der Waals surface area contributed by atoms with E-state index < -0.39 is 0 Å². The first kappa shape index (κ1) is 19.1. The lowest BCUT2D eigenvalue weighted by molar-refractivity contribution is -0.113. The molecule has 0 unspecified atom stereocenters. The van der Waals surface area contributed by atoms with Gasteiger partial charge in [0.25, 0.3) is 0 Å². The minimum atomic E-state index is -0.161. The molecular formula is C19H17ClN4O2S. The highest BCUT2D eigenvalue weighted by Crippen LogP contribution is 2.24. The molecule has 8 heteroatoms. The highest BCUT2D eigenvalue weighted by molar-refractivity contribution is 7.99. The van der Waals surface area contributed by atoms with Crippen LogP contribution in [0.2, 0.25) is 5.02 Å². The number of Topliss-reactive ketones (excluding diaryl/α,β-unsaturated/α-hetero) is 1. The highest BCUT2D eigenvalue weighted by atomic mass is 35.5. The van der Waals surface area contributed by atoms with E-state index in [4.69, 9.17) is 11.6 Å². The van der Waals surface area contributed by atoms with Gasteiger partial charge in [0.2, 0.25) is 5.91 Å². The van der Waals surface area contributed by atoms with Crippen molar-refractivity contribution in [3.05, 3.63) is 59.1 Å². The number of amides is 1. The smallest absolute Gasteiger partial charge is 0.234 e. The van der Waals surface area contributed by atoms with E-state index in [1.54, 1.807) is 36.4 Å². The van der Waals surface area contributed by atoms with Gasteiger partial charge in [0, 0.05) is 28.9 Å². The summed E-state index contributed by atoms with van der Waals surface area (Å²) in [5, 5.41) is 12.4. The van der Waals surface area contributed by atoms with Gasteiger partial charge in [-0.1, -0.05) is 23.4 Å². The maximum atomic E-state index is 12.2. The van der Waals surface area contributed by atoms with Gasteiger partial charge in [-0.25, -0.2) is 0 Å². The van der Waals surface area contributed by atoms with E-state index in [1.165, 1.54) is 18.7 Å². The Kier molecular flexibility index (Phi) is 5.93. The fourth-order valence-electron chi connectivity index (χ4n) is 2.41. The summed E-state index contributed by atoms with van der Waals surface area (Å²) in [7, 11) is 1.85. The second-order valence-corrected chi connectivity index (χ2v) is 7.22. The second kappa shape index (κ2) is 8.37. The predicted molar refractivity (Wildman–Crippen MR) is 107 cm³/mol. The standard InChI is InChI=1S/C19H17ClN4O2S/c1-12(25)13-5-9-16(10-6-13)21-17(26)11-27-19-23-22-18(24(19)2)14-3-7-15(20)8-4-14/h3-10H,11H2,1-2H3,(H,21,26). The zero-order chi connectivity index (χ0) is 19.4. The lowest BCUT2D eigenvalue weighted by Crippen LogP contribution is -2.14. The Morgan fingerprint density at radius 2 is 1.74 bits per heavy atom. The first-order valence-electron chi connectivity index (χ1n) is 8.13. The molecule has 0 aliphatic heterocycles. The average molecular weight is 401 g/mol. The van der Waals surface area contributed by atoms with E-state index in [2.05, 4.69) is 15.5 Å². The lowest BCUT2D eigenvalue weighted by Gasteiger charge is -2.06. The van der Waals surface area contributed by atoms with Crippen molar-refractivity contribution in [2.24, 2.45) is 7.05 Å². The van der Waals surface area contributed by atoms with Gasteiger partial charge in [-0.15, -0.1) is 10.2 Å². The number of rotatable bonds is 6. The molecule has 138 valence electrons. The van der Waals surface area contributed by atoms with Crippen LogP contribution in [0.3, 0.4) is 0 Å². The Labute approximate surface area is 165 Å². The van der Waals surface area contributed by atoms with Crippen LogP contribution < -0.4 is 5.32 Å². The number of ketones is 1. The third-order valence-electron chi connectivity index (χ3n) is 3.84. The fourth-order valence-corrected chi connectivity index (χ4v) is 3.24. The second-order valence-electron chi connectivity index (χ2n) is 5.84. The Balaban J connectivity index is 1.60. The number of thioether (sulfide) groups is 1. The number of aromatic nitrogens is 3. The molecule has 3 rings (SSSR count). The normalized spacial score (nSPS) is 10.6. The summed E-state index contributed by atoms with van der Waals surface area (Å²) in [6, 6.07) is 14.1. The van der Waals surface area contributed by atoms with E-state index >= 15 is 0 Å². The average Bonchev–Trinajstić information content (AvgIpc) is 3.02. The quantitative estimate of drug-likeness (QED) is 0.498. The van der Waals surface area contributed by atoms with E-state index in [1.807, 2.05) is 23.7 Å². The molecule has 1 N–H and O–H groups in total. The van der Waals surface area contributed by atoms with Gasteiger partial charge in [0.15, 0.2) is 16.8 Å². The van der Waals surface area contributed by atoms with Gasteiger partial charge in [0.1, 0.15) is 0 Å². The van der Waals surface area contributed by atoms with Crippen LogP contribution in [0.5, 0.6) is 0 Å². The minimum Gasteiger partial charge on any atom is -0.325 e. The first-order valence-corrected chi connectivity index (χ1v) is 9.49. The van der Waals surface area contributed by atoms with Crippen LogP contribution in [0, 0.1) is 0 Å². The third kappa shape index (κ3) is 4.75. The van der Waals surface area contributed by atoms with Gasteiger partial charge < -0.3 is 9.88 Å². The molecule has 3 aromatic rings. The summed E-state index contributed by atoms with van der Waals surface area (Å²) in [5.74, 6) is 0.726. The Bertz CT molecular complexity index is 968. The molecule has 0 bridgehead atoms. The summed E-state index contributed by atoms with van der Waals surface area (Å²) in [6.07, 6.45) is 0. The van der Waals surface area contributed by atoms with E-state index in [0.717, 1.165) is 5.56 Å². The number of hydrogen-bond donors (Lipinski definition) is 1. The molecule has 2 aromatic carbocycles. The van der Waals surface area contributed by atoms with Crippen LogP contribution in [0.1, 0.15) is 17.3 Å². The van der Waals surface area contributed by atoms with E-state index in [0.29, 0.717) is 27.3 Å². The summed E-state index contributed by atoms with van der Waals surface area (Å²) in [4.78, 5) is 23.4. The monoisotopic (exact) mass is 400 g/mol. The molecule has 1 heterocycles. The fraction of sp³-hybridized carbons (Fsp3) is 0.158. The van der Waals surface area contributed by atoms with Crippen molar-refractivity contribution >= 4 is 40.7 Å². The molecule has 0 radical (unpaired) electrons. The molecule has 6 nitrogen and oxygen atoms in total. The van der Waals surface area contributed by atoms with Crippen molar-refractivity contribution in [1.82, 2.24) is 14.8 Å². The number of benzene rings is 2. The highest BCUT2D eigenvalue weighted by Gasteiger charge is 2.13. The third-order valence-corrected chi connectivity index (χ3v) is 5.12. The largest absolute Gasteiger partial charge is 0.325 e. The summed E-state index contributed by atoms with van der Waals surface area (Å²) >= 11 is 7.21.